The third-order valence-corrected chi connectivity index (χ3v) is 5.58. The van der Waals surface area contributed by atoms with Gasteiger partial charge in [0.1, 0.15) is 0 Å². The fourth-order valence-corrected chi connectivity index (χ4v) is 4.16. The Morgan fingerprint density at radius 3 is 2.41 bits per heavy atom. The lowest BCUT2D eigenvalue weighted by Crippen LogP contribution is -2.28. The van der Waals surface area contributed by atoms with Gasteiger partial charge in [0.2, 0.25) is 0 Å². The molecule has 17 heavy (non-hydrogen) atoms. The Morgan fingerprint density at radius 2 is 1.88 bits per heavy atom. The molecular weight excluding hydrogens is 236 g/mol. The van der Waals surface area contributed by atoms with Crippen LogP contribution >= 0.6 is 11.8 Å². The molecule has 0 aromatic heterocycles. The fourth-order valence-electron chi connectivity index (χ4n) is 2.56. The quantitative estimate of drug-likeness (QED) is 0.743. The van der Waals surface area contributed by atoms with Gasteiger partial charge >= 0.3 is 5.97 Å². The zero-order valence-corrected chi connectivity index (χ0v) is 11.4. The molecule has 0 atom stereocenters. The van der Waals surface area contributed by atoms with Gasteiger partial charge in [0, 0.05) is 5.75 Å². The summed E-state index contributed by atoms with van der Waals surface area (Å²) in [4.78, 5) is 11.3. The molecule has 0 aliphatic heterocycles. The molecule has 0 unspecified atom stereocenters. The molecule has 4 heteroatoms. The molecule has 0 radical (unpaired) electrons. The van der Waals surface area contributed by atoms with Gasteiger partial charge in [-0.2, -0.15) is 11.8 Å². The molecule has 1 N–H and O–H groups in total. The van der Waals surface area contributed by atoms with E-state index in [4.69, 9.17) is 4.74 Å². The van der Waals surface area contributed by atoms with Crippen molar-refractivity contribution >= 4 is 17.7 Å². The van der Waals surface area contributed by atoms with Crippen LogP contribution in [0.15, 0.2) is 0 Å². The number of carbonyl (C=O) groups excluding carboxylic acids is 1. The van der Waals surface area contributed by atoms with Crippen LogP contribution in [-0.2, 0) is 9.53 Å². The predicted octanol–water partition coefficient (Wildman–Crippen LogP) is 2.37. The highest BCUT2D eigenvalue weighted by Gasteiger charge is 2.45. The van der Waals surface area contributed by atoms with Crippen molar-refractivity contribution in [1.82, 2.24) is 0 Å². The topological polar surface area (TPSA) is 46.5 Å². The van der Waals surface area contributed by atoms with E-state index in [0.717, 1.165) is 50.0 Å². The van der Waals surface area contributed by atoms with E-state index in [1.807, 2.05) is 11.8 Å². The molecule has 0 saturated heterocycles. The lowest BCUT2D eigenvalue weighted by molar-refractivity contribution is -0.141. The minimum absolute atomic E-state index is 0.0947. The molecule has 98 valence electrons. The second kappa shape index (κ2) is 5.19. The summed E-state index contributed by atoms with van der Waals surface area (Å²) in [7, 11) is 1.45. The SMILES string of the molecule is COC(=O)CC1(CSCC2(O)CCCC2)CC1. The Balaban J connectivity index is 1.69. The van der Waals surface area contributed by atoms with Gasteiger partial charge in [-0.05, 0) is 36.9 Å². The maximum atomic E-state index is 11.3. The molecule has 0 bridgehead atoms. The summed E-state index contributed by atoms with van der Waals surface area (Å²) < 4.78 is 4.73. The van der Waals surface area contributed by atoms with Crippen molar-refractivity contribution in [3.8, 4) is 0 Å². The molecule has 0 heterocycles. The Labute approximate surface area is 107 Å². The van der Waals surface area contributed by atoms with Crippen LogP contribution in [0.5, 0.6) is 0 Å². The smallest absolute Gasteiger partial charge is 0.306 e. The predicted molar refractivity (Wildman–Crippen MR) is 69.0 cm³/mol. The lowest BCUT2D eigenvalue weighted by atomic mass is 10.1. The van der Waals surface area contributed by atoms with Crippen LogP contribution in [0.4, 0.5) is 0 Å². The minimum atomic E-state index is -0.425. The van der Waals surface area contributed by atoms with Gasteiger partial charge in [-0.15, -0.1) is 0 Å². The van der Waals surface area contributed by atoms with Crippen LogP contribution in [0.25, 0.3) is 0 Å². The molecule has 0 spiro atoms. The first-order valence-corrected chi connectivity index (χ1v) is 7.60. The van der Waals surface area contributed by atoms with Crippen molar-refractivity contribution < 1.29 is 14.6 Å². The Morgan fingerprint density at radius 1 is 1.24 bits per heavy atom. The summed E-state index contributed by atoms with van der Waals surface area (Å²) in [6, 6.07) is 0. The van der Waals surface area contributed by atoms with Crippen molar-refractivity contribution in [1.29, 1.82) is 0 Å². The van der Waals surface area contributed by atoms with Crippen LogP contribution in [-0.4, -0.2) is 35.3 Å². The number of methoxy groups -OCH3 is 1. The molecule has 0 aromatic rings. The van der Waals surface area contributed by atoms with Gasteiger partial charge in [0.15, 0.2) is 0 Å². The van der Waals surface area contributed by atoms with Crippen LogP contribution in [0, 0.1) is 5.41 Å². The highest BCUT2D eigenvalue weighted by Crippen LogP contribution is 2.51. The Kier molecular flexibility index (Phi) is 4.03. The van der Waals surface area contributed by atoms with Crippen molar-refractivity contribution in [2.45, 2.75) is 50.5 Å². The number of ether oxygens (including phenoxy) is 1. The first kappa shape index (κ1) is 13.2. The van der Waals surface area contributed by atoms with Gasteiger partial charge in [-0.25, -0.2) is 0 Å². The van der Waals surface area contributed by atoms with Gasteiger partial charge in [0.25, 0.3) is 0 Å². The summed E-state index contributed by atoms with van der Waals surface area (Å²) in [5.41, 5.74) is -0.237. The van der Waals surface area contributed by atoms with Gasteiger partial charge < -0.3 is 9.84 Å². The number of thioether (sulfide) groups is 1. The summed E-state index contributed by atoms with van der Waals surface area (Å²) >= 11 is 1.81. The van der Waals surface area contributed by atoms with E-state index in [1.165, 1.54) is 7.11 Å². The largest absolute Gasteiger partial charge is 0.469 e. The van der Waals surface area contributed by atoms with E-state index in [9.17, 15) is 9.90 Å². The standard InChI is InChI=1S/C13H22O3S/c1-16-11(14)8-12(6-7-12)9-17-10-13(15)4-2-3-5-13/h15H,2-10H2,1H3. The van der Waals surface area contributed by atoms with E-state index in [-0.39, 0.29) is 11.4 Å². The summed E-state index contributed by atoms with van der Waals surface area (Å²) in [6.07, 6.45) is 7.03. The molecule has 0 aromatic carbocycles. The molecular formula is C13H22O3S. The number of rotatable bonds is 6. The number of aliphatic hydroxyl groups is 1. The second-order valence-corrected chi connectivity index (χ2v) is 6.66. The molecule has 2 rings (SSSR count). The normalized spacial score (nSPS) is 24.6. The van der Waals surface area contributed by atoms with Crippen LogP contribution < -0.4 is 0 Å². The van der Waals surface area contributed by atoms with E-state index < -0.39 is 5.60 Å². The highest BCUT2D eigenvalue weighted by molar-refractivity contribution is 7.99. The van der Waals surface area contributed by atoms with Gasteiger partial charge in [-0.1, -0.05) is 12.8 Å². The molecule has 3 nitrogen and oxygen atoms in total. The zero-order chi connectivity index (χ0) is 12.4. The highest BCUT2D eigenvalue weighted by atomic mass is 32.2. The average Bonchev–Trinajstić information content (AvgIpc) is 2.91. The Hall–Kier alpha value is -0.220. The first-order chi connectivity index (χ1) is 8.08. The third-order valence-electron chi connectivity index (χ3n) is 4.02. The summed E-state index contributed by atoms with van der Waals surface area (Å²) in [5, 5.41) is 10.2. The van der Waals surface area contributed by atoms with Gasteiger partial charge in [0.05, 0.1) is 19.1 Å². The van der Waals surface area contributed by atoms with E-state index in [2.05, 4.69) is 0 Å². The second-order valence-electron chi connectivity index (χ2n) is 5.68. The van der Waals surface area contributed by atoms with Gasteiger partial charge in [-0.3, -0.25) is 4.79 Å². The first-order valence-electron chi connectivity index (χ1n) is 6.45. The number of carbonyl (C=O) groups is 1. The van der Waals surface area contributed by atoms with Crippen LogP contribution in [0.3, 0.4) is 0 Å². The van der Waals surface area contributed by atoms with E-state index in [1.54, 1.807) is 0 Å². The lowest BCUT2D eigenvalue weighted by Gasteiger charge is -2.22. The summed E-state index contributed by atoms with van der Waals surface area (Å²) in [5.74, 6) is 1.73. The third kappa shape index (κ3) is 3.62. The Bertz CT molecular complexity index is 280. The number of esters is 1. The van der Waals surface area contributed by atoms with Crippen LogP contribution in [0.1, 0.15) is 44.9 Å². The molecule has 0 amide bonds. The van der Waals surface area contributed by atoms with Crippen molar-refractivity contribution in [2.24, 2.45) is 5.41 Å². The monoisotopic (exact) mass is 258 g/mol. The molecule has 2 aliphatic carbocycles. The van der Waals surface area contributed by atoms with E-state index in [0.29, 0.717) is 6.42 Å². The molecule has 2 fully saturated rings. The zero-order valence-electron chi connectivity index (χ0n) is 10.5. The number of hydrogen-bond donors (Lipinski definition) is 1. The average molecular weight is 258 g/mol. The molecule has 2 saturated carbocycles. The maximum absolute atomic E-state index is 11.3. The minimum Gasteiger partial charge on any atom is -0.469 e. The van der Waals surface area contributed by atoms with Crippen LogP contribution in [0.2, 0.25) is 0 Å². The van der Waals surface area contributed by atoms with E-state index >= 15 is 0 Å². The maximum Gasteiger partial charge on any atom is 0.306 e. The molecule has 2 aliphatic rings. The van der Waals surface area contributed by atoms with Crippen molar-refractivity contribution in [2.75, 3.05) is 18.6 Å². The van der Waals surface area contributed by atoms with Crippen molar-refractivity contribution in [3.05, 3.63) is 0 Å². The fraction of sp³-hybridized carbons (Fsp3) is 0.923. The summed E-state index contributed by atoms with van der Waals surface area (Å²) in [6.45, 7) is 0. The number of hydrogen-bond acceptors (Lipinski definition) is 4. The van der Waals surface area contributed by atoms with Crippen molar-refractivity contribution in [3.63, 3.8) is 0 Å².